The molecule has 0 aromatic rings. The van der Waals surface area contributed by atoms with E-state index in [-0.39, 0.29) is 25.0 Å². The molecular formula is C22H31N3O7. The second-order valence-electron chi connectivity index (χ2n) is 7.23. The van der Waals surface area contributed by atoms with Gasteiger partial charge in [0.25, 0.3) is 11.8 Å². The molecule has 2 rings (SSSR count). The van der Waals surface area contributed by atoms with Crippen molar-refractivity contribution in [2.75, 3.05) is 46.1 Å². The maximum Gasteiger partial charge on any atom is 0.408 e. The van der Waals surface area contributed by atoms with Crippen molar-refractivity contribution in [2.24, 2.45) is 0 Å². The van der Waals surface area contributed by atoms with Crippen LogP contribution in [0.15, 0.2) is 12.2 Å². The second kappa shape index (κ2) is 15.0. The van der Waals surface area contributed by atoms with Gasteiger partial charge in [-0.05, 0) is 19.3 Å². The average Bonchev–Trinajstić information content (AvgIpc) is 3.07. The first kappa shape index (κ1) is 25.4. The molecule has 0 spiro atoms. The topological polar surface area (TPSA) is 123 Å². The number of hydrogen-bond acceptors (Lipinski definition) is 7. The third-order valence-electron chi connectivity index (χ3n) is 4.70. The van der Waals surface area contributed by atoms with Crippen molar-refractivity contribution in [3.05, 3.63) is 12.2 Å². The molecule has 1 unspecified atom stereocenters. The standard InChI is InChI=1S/C22H31N3O7/c26-19(10-13-25-20(27)8-9-21(25)28)23-11-14-30-16-17-31-15-12-24-22(29)32-18-6-4-2-1-3-5-7-18/h8-9,18H,1-4,6,10-17H2,(H,23,26)(H,24,29). The highest BCUT2D eigenvalue weighted by molar-refractivity contribution is 6.13. The molecule has 10 nitrogen and oxygen atoms in total. The highest BCUT2D eigenvalue weighted by atomic mass is 16.6. The number of ether oxygens (including phenoxy) is 3. The zero-order chi connectivity index (χ0) is 23.0. The van der Waals surface area contributed by atoms with Crippen LogP contribution < -0.4 is 10.6 Å². The van der Waals surface area contributed by atoms with Crippen LogP contribution >= 0.6 is 0 Å². The molecule has 2 N–H and O–H groups in total. The summed E-state index contributed by atoms with van der Waals surface area (Å²) < 4.78 is 16.0. The third-order valence-corrected chi connectivity index (χ3v) is 4.70. The van der Waals surface area contributed by atoms with Crippen molar-refractivity contribution >= 4 is 23.8 Å². The lowest BCUT2D eigenvalue weighted by molar-refractivity contribution is -0.137. The first-order valence-electron chi connectivity index (χ1n) is 10.9. The predicted octanol–water partition coefficient (Wildman–Crippen LogP) is 0.513. The average molecular weight is 450 g/mol. The molecule has 1 aliphatic carbocycles. The van der Waals surface area contributed by atoms with Crippen LogP contribution in [0.2, 0.25) is 0 Å². The van der Waals surface area contributed by atoms with Crippen molar-refractivity contribution < 1.29 is 33.4 Å². The van der Waals surface area contributed by atoms with Gasteiger partial charge in [0.15, 0.2) is 6.10 Å². The Hall–Kier alpha value is -2.90. The van der Waals surface area contributed by atoms with Crippen LogP contribution in [0.4, 0.5) is 4.79 Å². The zero-order valence-electron chi connectivity index (χ0n) is 18.2. The fourth-order valence-electron chi connectivity index (χ4n) is 3.00. The lowest BCUT2D eigenvalue weighted by Crippen LogP contribution is -2.35. The van der Waals surface area contributed by atoms with Crippen molar-refractivity contribution in [3.8, 4) is 11.8 Å². The third kappa shape index (κ3) is 10.4. The van der Waals surface area contributed by atoms with Crippen LogP contribution in [0.1, 0.15) is 38.5 Å². The Bertz CT molecular complexity index is 724. The van der Waals surface area contributed by atoms with Crippen LogP contribution in [-0.4, -0.2) is 80.9 Å². The molecule has 1 aliphatic heterocycles. The summed E-state index contributed by atoms with van der Waals surface area (Å²) in [6.07, 6.45) is 6.43. The monoisotopic (exact) mass is 449 g/mol. The minimum absolute atomic E-state index is 0.0467. The fourth-order valence-corrected chi connectivity index (χ4v) is 3.00. The molecule has 0 bridgehead atoms. The highest BCUT2D eigenvalue weighted by Crippen LogP contribution is 2.10. The number of nitrogens with one attached hydrogen (secondary N) is 2. The molecule has 0 aromatic carbocycles. The van der Waals surface area contributed by atoms with E-state index in [1.54, 1.807) is 0 Å². The van der Waals surface area contributed by atoms with Crippen molar-refractivity contribution in [1.82, 2.24) is 15.5 Å². The molecule has 0 fully saturated rings. The minimum atomic E-state index is -0.491. The van der Waals surface area contributed by atoms with E-state index in [9.17, 15) is 19.2 Å². The molecule has 0 radical (unpaired) electrons. The number of hydrogen-bond donors (Lipinski definition) is 2. The summed E-state index contributed by atoms with van der Waals surface area (Å²) in [5.74, 6) is 4.94. The van der Waals surface area contributed by atoms with E-state index < -0.39 is 17.9 Å². The van der Waals surface area contributed by atoms with E-state index >= 15 is 0 Å². The highest BCUT2D eigenvalue weighted by Gasteiger charge is 2.23. The second-order valence-corrected chi connectivity index (χ2v) is 7.23. The van der Waals surface area contributed by atoms with Crippen LogP contribution in [0, 0.1) is 11.8 Å². The number of carbonyl (C=O) groups excluding carboxylic acids is 4. The van der Waals surface area contributed by atoms with Gasteiger partial charge >= 0.3 is 6.09 Å². The van der Waals surface area contributed by atoms with Gasteiger partial charge in [-0.2, -0.15) is 0 Å². The number of carbonyl (C=O) groups is 4. The summed E-state index contributed by atoms with van der Waals surface area (Å²) in [6, 6.07) is 0. The van der Waals surface area contributed by atoms with Crippen LogP contribution in [0.25, 0.3) is 0 Å². The van der Waals surface area contributed by atoms with Gasteiger partial charge in [0.1, 0.15) is 0 Å². The van der Waals surface area contributed by atoms with Crippen LogP contribution in [0.3, 0.4) is 0 Å². The number of rotatable bonds is 13. The Morgan fingerprint density at radius 1 is 0.969 bits per heavy atom. The first-order valence-corrected chi connectivity index (χ1v) is 10.9. The molecular weight excluding hydrogens is 418 g/mol. The van der Waals surface area contributed by atoms with Gasteiger partial charge < -0.3 is 24.8 Å². The van der Waals surface area contributed by atoms with Crippen molar-refractivity contribution in [2.45, 2.75) is 44.6 Å². The summed E-state index contributed by atoms with van der Waals surface area (Å²) in [7, 11) is 0. The van der Waals surface area contributed by atoms with Gasteiger partial charge in [0.05, 0.1) is 26.4 Å². The smallest absolute Gasteiger partial charge is 0.408 e. The summed E-state index contributed by atoms with van der Waals surface area (Å²) in [6.45, 7) is 2.04. The van der Waals surface area contributed by atoms with E-state index in [2.05, 4.69) is 22.5 Å². The van der Waals surface area contributed by atoms with Crippen molar-refractivity contribution in [3.63, 3.8) is 0 Å². The fraction of sp³-hybridized carbons (Fsp3) is 0.636. The van der Waals surface area contributed by atoms with E-state index in [1.165, 1.54) is 12.2 Å². The normalized spacial score (nSPS) is 17.9. The molecule has 176 valence electrons. The van der Waals surface area contributed by atoms with Crippen molar-refractivity contribution in [1.29, 1.82) is 0 Å². The molecule has 10 heteroatoms. The minimum Gasteiger partial charge on any atom is -0.433 e. The summed E-state index contributed by atoms with van der Waals surface area (Å²) in [4.78, 5) is 47.3. The molecule has 1 heterocycles. The molecule has 4 amide bonds. The Balaban J connectivity index is 1.37. The lowest BCUT2D eigenvalue weighted by Gasteiger charge is -2.14. The SMILES string of the molecule is O=C(CCN1C(=O)C=CC1=O)NCCOCCOCCNC(=O)OC1C#CCCCCC1. The van der Waals surface area contributed by atoms with Gasteiger partial charge in [0, 0.05) is 44.6 Å². The Morgan fingerprint density at radius 2 is 1.66 bits per heavy atom. The molecule has 2 aliphatic rings. The first-order chi connectivity index (χ1) is 15.6. The molecule has 32 heavy (non-hydrogen) atoms. The Kier molecular flexibility index (Phi) is 11.9. The van der Waals surface area contributed by atoms with Crippen LogP contribution in [-0.2, 0) is 28.6 Å². The number of nitrogens with zero attached hydrogens (tertiary/aromatic N) is 1. The van der Waals surface area contributed by atoms with E-state index in [0.29, 0.717) is 39.5 Å². The maximum absolute atomic E-state index is 11.8. The zero-order valence-corrected chi connectivity index (χ0v) is 18.2. The number of alkyl carbamates (subject to hydrolysis) is 1. The largest absolute Gasteiger partial charge is 0.433 e. The Morgan fingerprint density at radius 3 is 2.38 bits per heavy atom. The van der Waals surface area contributed by atoms with Crippen LogP contribution in [0.5, 0.6) is 0 Å². The molecule has 1 atom stereocenters. The van der Waals surface area contributed by atoms with E-state index in [4.69, 9.17) is 14.2 Å². The molecule has 0 saturated carbocycles. The van der Waals surface area contributed by atoms with E-state index in [0.717, 1.165) is 37.0 Å². The summed E-state index contributed by atoms with van der Waals surface area (Å²) >= 11 is 0. The summed E-state index contributed by atoms with van der Waals surface area (Å²) in [5.41, 5.74) is 0. The van der Waals surface area contributed by atoms with Gasteiger partial charge in [-0.15, -0.1) is 0 Å². The number of amides is 4. The maximum atomic E-state index is 11.8. The lowest BCUT2D eigenvalue weighted by atomic mass is 10.1. The Labute approximate surface area is 188 Å². The number of imide groups is 1. The van der Waals surface area contributed by atoms with Gasteiger partial charge in [-0.3, -0.25) is 19.3 Å². The molecule has 0 saturated heterocycles. The molecule has 0 aromatic heterocycles. The van der Waals surface area contributed by atoms with Gasteiger partial charge in [0.2, 0.25) is 5.91 Å². The summed E-state index contributed by atoms with van der Waals surface area (Å²) in [5, 5.41) is 5.29. The predicted molar refractivity (Wildman–Crippen MR) is 114 cm³/mol. The van der Waals surface area contributed by atoms with Gasteiger partial charge in [-0.25, -0.2) is 4.79 Å². The quantitative estimate of drug-likeness (QED) is 0.239. The van der Waals surface area contributed by atoms with E-state index in [1.807, 2.05) is 0 Å². The van der Waals surface area contributed by atoms with Gasteiger partial charge in [-0.1, -0.05) is 18.3 Å².